The average molecular weight is 347 g/mol. The molecule has 1 saturated carbocycles. The Hall–Kier alpha value is -1.43. The van der Waals surface area contributed by atoms with E-state index >= 15 is 0 Å². The van der Waals surface area contributed by atoms with E-state index in [0.29, 0.717) is 19.0 Å². The van der Waals surface area contributed by atoms with Crippen molar-refractivity contribution in [2.75, 3.05) is 11.9 Å². The van der Waals surface area contributed by atoms with Crippen LogP contribution in [0.3, 0.4) is 0 Å². The van der Waals surface area contributed by atoms with E-state index in [1.165, 1.54) is 37.0 Å². The Kier molecular flexibility index (Phi) is 4.57. The molecule has 3 aliphatic rings. The van der Waals surface area contributed by atoms with Crippen LogP contribution in [-0.2, 0) is 22.4 Å². The Morgan fingerprint density at radius 1 is 1.12 bits per heavy atom. The van der Waals surface area contributed by atoms with Gasteiger partial charge in [0.05, 0.1) is 11.6 Å². The lowest BCUT2D eigenvalue weighted by molar-refractivity contribution is -0.130. The van der Waals surface area contributed by atoms with Crippen LogP contribution in [0.2, 0.25) is 0 Å². The van der Waals surface area contributed by atoms with Crippen LogP contribution in [0.5, 0.6) is 0 Å². The number of nitrogens with one attached hydrogen (secondary N) is 1. The van der Waals surface area contributed by atoms with Gasteiger partial charge in [0.2, 0.25) is 11.8 Å². The van der Waals surface area contributed by atoms with Gasteiger partial charge in [-0.05, 0) is 38.5 Å². The second-order valence-corrected chi connectivity index (χ2v) is 8.41. The van der Waals surface area contributed by atoms with Crippen LogP contribution in [-0.4, -0.2) is 34.3 Å². The number of aromatic nitrogens is 1. The van der Waals surface area contributed by atoms with E-state index in [1.807, 2.05) is 4.90 Å². The maximum Gasteiger partial charge on any atom is 0.231 e. The monoisotopic (exact) mass is 347 g/mol. The van der Waals surface area contributed by atoms with E-state index in [1.54, 1.807) is 11.3 Å². The minimum atomic E-state index is -0.222. The van der Waals surface area contributed by atoms with Gasteiger partial charge in [0.15, 0.2) is 5.13 Å². The van der Waals surface area contributed by atoms with Crippen LogP contribution < -0.4 is 5.32 Å². The van der Waals surface area contributed by atoms with E-state index in [9.17, 15) is 9.59 Å². The van der Waals surface area contributed by atoms with Crippen molar-refractivity contribution in [3.05, 3.63) is 10.6 Å². The fourth-order valence-electron chi connectivity index (χ4n) is 4.27. The highest BCUT2D eigenvalue weighted by atomic mass is 32.1. The molecule has 1 aromatic rings. The summed E-state index contributed by atoms with van der Waals surface area (Å²) in [4.78, 5) is 32.8. The smallest absolute Gasteiger partial charge is 0.231 e. The zero-order chi connectivity index (χ0) is 16.5. The fourth-order valence-corrected chi connectivity index (χ4v) is 5.32. The number of fused-ring (bicyclic) bond motifs is 1. The molecule has 6 heteroatoms. The molecule has 0 bridgehead atoms. The summed E-state index contributed by atoms with van der Waals surface area (Å²) in [5.41, 5.74) is 1.16. The predicted molar refractivity (Wildman–Crippen MR) is 94.1 cm³/mol. The summed E-state index contributed by atoms with van der Waals surface area (Å²) in [7, 11) is 0. The molecular formula is C18H25N3O2S. The molecule has 0 unspecified atom stereocenters. The lowest BCUT2D eigenvalue weighted by Crippen LogP contribution is -2.38. The Morgan fingerprint density at radius 3 is 2.71 bits per heavy atom. The van der Waals surface area contributed by atoms with Gasteiger partial charge in [-0.15, -0.1) is 11.3 Å². The standard InChI is InChI=1S/C18H25N3O2S/c22-16-10-12(11-21(16)13-6-2-1-3-7-13)17(23)20-18-19-14-8-4-5-9-15(14)24-18/h12-13H,1-11H2,(H,19,20,23)/t12-/m0/s1. The molecule has 2 amide bonds. The molecule has 130 valence electrons. The molecule has 0 radical (unpaired) electrons. The highest BCUT2D eigenvalue weighted by molar-refractivity contribution is 7.15. The predicted octanol–water partition coefficient (Wildman–Crippen LogP) is 3.14. The Labute approximate surface area is 146 Å². The summed E-state index contributed by atoms with van der Waals surface area (Å²) in [5, 5.41) is 3.69. The minimum Gasteiger partial charge on any atom is -0.339 e. The maximum absolute atomic E-state index is 12.6. The van der Waals surface area contributed by atoms with Gasteiger partial charge in [-0.3, -0.25) is 9.59 Å². The van der Waals surface area contributed by atoms with Crippen LogP contribution >= 0.6 is 11.3 Å². The molecule has 2 heterocycles. The number of amides is 2. The minimum absolute atomic E-state index is 0.0345. The molecule has 0 aromatic carbocycles. The highest BCUT2D eigenvalue weighted by Gasteiger charge is 2.38. The van der Waals surface area contributed by atoms with Crippen molar-refractivity contribution in [2.45, 2.75) is 70.3 Å². The Bertz CT molecular complexity index is 613. The number of likely N-dealkylation sites (tertiary alicyclic amines) is 1. The van der Waals surface area contributed by atoms with E-state index in [-0.39, 0.29) is 17.7 Å². The summed E-state index contributed by atoms with van der Waals surface area (Å²) in [6.45, 7) is 0.584. The second-order valence-electron chi connectivity index (χ2n) is 7.32. The molecule has 1 N–H and O–H groups in total. The van der Waals surface area contributed by atoms with Crippen LogP contribution in [0.1, 0.15) is 61.9 Å². The third-order valence-corrected chi connectivity index (χ3v) is 6.69. The van der Waals surface area contributed by atoms with Gasteiger partial charge in [-0.2, -0.15) is 0 Å². The SMILES string of the molecule is O=C(Nc1nc2c(s1)CCCC2)[C@H]1CC(=O)N(C2CCCCC2)C1. The molecule has 5 nitrogen and oxygen atoms in total. The quantitative estimate of drug-likeness (QED) is 0.914. The van der Waals surface area contributed by atoms with E-state index < -0.39 is 0 Å². The van der Waals surface area contributed by atoms with Gasteiger partial charge in [-0.25, -0.2) is 4.98 Å². The first kappa shape index (κ1) is 16.1. The zero-order valence-corrected chi connectivity index (χ0v) is 14.9. The van der Waals surface area contributed by atoms with Crippen molar-refractivity contribution >= 4 is 28.3 Å². The van der Waals surface area contributed by atoms with E-state index in [2.05, 4.69) is 10.3 Å². The third-order valence-electron chi connectivity index (χ3n) is 5.62. The van der Waals surface area contributed by atoms with Crippen molar-refractivity contribution in [2.24, 2.45) is 5.92 Å². The summed E-state index contributed by atoms with van der Waals surface area (Å²) in [6.07, 6.45) is 10.8. The number of anilines is 1. The molecule has 24 heavy (non-hydrogen) atoms. The largest absolute Gasteiger partial charge is 0.339 e. The van der Waals surface area contributed by atoms with Crippen molar-refractivity contribution in [3.63, 3.8) is 0 Å². The van der Waals surface area contributed by atoms with Crippen LogP contribution in [0.25, 0.3) is 0 Å². The van der Waals surface area contributed by atoms with E-state index in [4.69, 9.17) is 0 Å². The number of hydrogen-bond acceptors (Lipinski definition) is 4. The first-order valence-electron chi connectivity index (χ1n) is 9.29. The van der Waals surface area contributed by atoms with Crippen molar-refractivity contribution in [1.29, 1.82) is 0 Å². The van der Waals surface area contributed by atoms with E-state index in [0.717, 1.165) is 36.5 Å². The van der Waals surface area contributed by atoms with Gasteiger partial charge in [0.25, 0.3) is 0 Å². The van der Waals surface area contributed by atoms with Crippen LogP contribution in [0, 0.1) is 5.92 Å². The molecule has 1 aromatic heterocycles. The molecular weight excluding hydrogens is 322 g/mol. The molecule has 1 aliphatic heterocycles. The second kappa shape index (κ2) is 6.82. The zero-order valence-electron chi connectivity index (χ0n) is 14.1. The van der Waals surface area contributed by atoms with Crippen molar-refractivity contribution in [3.8, 4) is 0 Å². The lowest BCUT2D eigenvalue weighted by atomic mass is 9.94. The number of rotatable bonds is 3. The third kappa shape index (κ3) is 3.21. The summed E-state index contributed by atoms with van der Waals surface area (Å²) in [5.74, 6) is -0.103. The molecule has 1 saturated heterocycles. The number of hydrogen-bond donors (Lipinski definition) is 1. The van der Waals surface area contributed by atoms with Crippen LogP contribution in [0.4, 0.5) is 5.13 Å². The average Bonchev–Trinajstić information content (AvgIpc) is 3.18. The van der Waals surface area contributed by atoms with Gasteiger partial charge < -0.3 is 10.2 Å². The molecule has 4 rings (SSSR count). The number of carbonyl (C=O) groups is 2. The molecule has 1 atom stereocenters. The number of carbonyl (C=O) groups excluding carboxylic acids is 2. The van der Waals surface area contributed by atoms with Crippen molar-refractivity contribution < 1.29 is 9.59 Å². The van der Waals surface area contributed by atoms with Gasteiger partial charge in [0, 0.05) is 23.9 Å². The maximum atomic E-state index is 12.6. The van der Waals surface area contributed by atoms with Gasteiger partial charge >= 0.3 is 0 Å². The number of thiazole rings is 1. The summed E-state index contributed by atoms with van der Waals surface area (Å²) in [6, 6.07) is 0.358. The molecule has 2 aliphatic carbocycles. The van der Waals surface area contributed by atoms with Gasteiger partial charge in [-0.1, -0.05) is 19.3 Å². The number of nitrogens with zero attached hydrogens (tertiary/aromatic N) is 2. The molecule has 0 spiro atoms. The first-order chi connectivity index (χ1) is 11.7. The normalized spacial score (nSPS) is 24.9. The highest BCUT2D eigenvalue weighted by Crippen LogP contribution is 2.32. The van der Waals surface area contributed by atoms with Crippen molar-refractivity contribution in [1.82, 2.24) is 9.88 Å². The topological polar surface area (TPSA) is 62.3 Å². The number of aryl methyl sites for hydroxylation is 2. The van der Waals surface area contributed by atoms with Gasteiger partial charge in [0.1, 0.15) is 0 Å². The Morgan fingerprint density at radius 2 is 1.92 bits per heavy atom. The summed E-state index contributed by atoms with van der Waals surface area (Å²) < 4.78 is 0. The Balaban J connectivity index is 1.38. The fraction of sp³-hybridized carbons (Fsp3) is 0.722. The first-order valence-corrected chi connectivity index (χ1v) is 10.1. The lowest BCUT2D eigenvalue weighted by Gasteiger charge is -2.31. The molecule has 2 fully saturated rings. The van der Waals surface area contributed by atoms with Crippen LogP contribution in [0.15, 0.2) is 0 Å². The summed E-state index contributed by atoms with van der Waals surface area (Å²) >= 11 is 1.61.